The molecule has 2 heterocycles. The van der Waals surface area contributed by atoms with Crippen LogP contribution in [0.1, 0.15) is 27.6 Å². The number of nitrogens with zero attached hydrogens (tertiary/aromatic N) is 3. The highest BCUT2D eigenvalue weighted by Crippen LogP contribution is 2.16. The van der Waals surface area contributed by atoms with Crippen LogP contribution in [-0.4, -0.2) is 27.4 Å². The number of carbonyl (C=O) groups is 1. The number of hydrogen-bond donors (Lipinski definition) is 1. The van der Waals surface area contributed by atoms with Gasteiger partial charge in [-0.05, 0) is 44.2 Å². The van der Waals surface area contributed by atoms with E-state index >= 15 is 0 Å². The Morgan fingerprint density at radius 3 is 2.54 bits per heavy atom. The summed E-state index contributed by atoms with van der Waals surface area (Å²) in [6, 6.07) is 13.0. The third-order valence-corrected chi connectivity index (χ3v) is 4.30. The van der Waals surface area contributed by atoms with Crippen LogP contribution in [0.5, 0.6) is 0 Å². The Balaban J connectivity index is 1.44. The molecule has 0 aliphatic heterocycles. The van der Waals surface area contributed by atoms with E-state index in [1.54, 1.807) is 12.1 Å². The van der Waals surface area contributed by atoms with Crippen molar-refractivity contribution in [2.24, 2.45) is 0 Å². The fourth-order valence-corrected chi connectivity index (χ4v) is 2.78. The van der Waals surface area contributed by atoms with Gasteiger partial charge in [-0.2, -0.15) is 0 Å². The number of fused-ring (bicyclic) bond motifs is 2. The molecule has 1 N–H and O–H groups in total. The molecule has 0 unspecified atom stereocenters. The minimum Gasteiger partial charge on any atom is -0.441 e. The van der Waals surface area contributed by atoms with Crippen molar-refractivity contribution in [1.82, 2.24) is 20.3 Å². The molecule has 1 amide bonds. The predicted octanol–water partition coefficient (Wildman–Crippen LogP) is 3.36. The third kappa shape index (κ3) is 3.13. The van der Waals surface area contributed by atoms with Crippen molar-refractivity contribution in [3.63, 3.8) is 0 Å². The number of carbonyl (C=O) groups excluding carboxylic acids is 1. The van der Waals surface area contributed by atoms with E-state index in [0.717, 1.165) is 33.5 Å². The van der Waals surface area contributed by atoms with Gasteiger partial charge in [-0.25, -0.2) is 15.0 Å². The van der Waals surface area contributed by atoms with Crippen LogP contribution in [0.2, 0.25) is 0 Å². The van der Waals surface area contributed by atoms with Gasteiger partial charge in [0.15, 0.2) is 11.5 Å². The number of oxazole rings is 1. The van der Waals surface area contributed by atoms with Crippen molar-refractivity contribution in [3.05, 3.63) is 65.3 Å². The number of hydrogen-bond acceptors (Lipinski definition) is 5. The summed E-state index contributed by atoms with van der Waals surface area (Å²) in [5, 5.41) is 2.90. The maximum atomic E-state index is 12.4. The Bertz CT molecular complexity index is 1080. The second-order valence-electron chi connectivity index (χ2n) is 6.18. The van der Waals surface area contributed by atoms with E-state index in [1.807, 2.05) is 44.2 Å². The van der Waals surface area contributed by atoms with Crippen LogP contribution in [0.25, 0.3) is 22.1 Å². The molecular weight excluding hydrogens is 328 g/mol. The number of aromatic nitrogens is 3. The Hall–Kier alpha value is -3.28. The van der Waals surface area contributed by atoms with E-state index in [9.17, 15) is 4.79 Å². The molecule has 0 saturated carbocycles. The third-order valence-electron chi connectivity index (χ3n) is 4.30. The topological polar surface area (TPSA) is 80.9 Å². The highest BCUT2D eigenvalue weighted by atomic mass is 16.3. The lowest BCUT2D eigenvalue weighted by Gasteiger charge is -2.06. The van der Waals surface area contributed by atoms with E-state index in [1.165, 1.54) is 0 Å². The zero-order valence-corrected chi connectivity index (χ0v) is 14.6. The van der Waals surface area contributed by atoms with Gasteiger partial charge >= 0.3 is 0 Å². The number of rotatable bonds is 4. The standard InChI is InChI=1S/C20H18N4O2/c1-12-13(2)23-17-11-14(7-8-15(17)22-12)20(25)21-10-9-19-24-16-5-3-4-6-18(16)26-19/h3-8,11H,9-10H2,1-2H3,(H,21,25). The van der Waals surface area contributed by atoms with Crippen LogP contribution in [-0.2, 0) is 6.42 Å². The van der Waals surface area contributed by atoms with Crippen molar-refractivity contribution in [1.29, 1.82) is 0 Å². The van der Waals surface area contributed by atoms with Gasteiger partial charge in [-0.1, -0.05) is 12.1 Å². The van der Waals surface area contributed by atoms with Crippen LogP contribution >= 0.6 is 0 Å². The second kappa shape index (κ2) is 6.55. The largest absolute Gasteiger partial charge is 0.441 e. The molecule has 0 aliphatic carbocycles. The van der Waals surface area contributed by atoms with Crippen molar-refractivity contribution in [3.8, 4) is 0 Å². The lowest BCUT2D eigenvalue weighted by atomic mass is 10.1. The number of amides is 1. The molecular formula is C20H18N4O2. The quantitative estimate of drug-likeness (QED) is 0.613. The maximum absolute atomic E-state index is 12.4. The first-order valence-electron chi connectivity index (χ1n) is 8.48. The summed E-state index contributed by atoms with van der Waals surface area (Å²) in [5.41, 5.74) is 5.42. The monoisotopic (exact) mass is 346 g/mol. The van der Waals surface area contributed by atoms with Gasteiger partial charge in [-0.3, -0.25) is 4.79 Å². The van der Waals surface area contributed by atoms with Crippen LogP contribution < -0.4 is 5.32 Å². The van der Waals surface area contributed by atoms with Crippen LogP contribution in [0.15, 0.2) is 46.9 Å². The molecule has 0 atom stereocenters. The highest BCUT2D eigenvalue weighted by molar-refractivity contribution is 5.97. The van der Waals surface area contributed by atoms with Gasteiger partial charge in [0.1, 0.15) is 5.52 Å². The van der Waals surface area contributed by atoms with Crippen LogP contribution in [0, 0.1) is 13.8 Å². The van der Waals surface area contributed by atoms with Crippen LogP contribution in [0.4, 0.5) is 0 Å². The first-order chi connectivity index (χ1) is 12.6. The molecule has 0 spiro atoms. The van der Waals surface area contributed by atoms with Gasteiger partial charge in [0.25, 0.3) is 5.91 Å². The zero-order chi connectivity index (χ0) is 18.1. The first kappa shape index (κ1) is 16.2. The smallest absolute Gasteiger partial charge is 0.251 e. The van der Waals surface area contributed by atoms with Crippen molar-refractivity contribution < 1.29 is 9.21 Å². The molecule has 4 rings (SSSR count). The van der Waals surface area contributed by atoms with Gasteiger partial charge in [0.2, 0.25) is 0 Å². The Kier molecular flexibility index (Phi) is 4.08. The summed E-state index contributed by atoms with van der Waals surface area (Å²) in [6.45, 7) is 4.28. The zero-order valence-electron chi connectivity index (χ0n) is 14.6. The molecule has 26 heavy (non-hydrogen) atoms. The fourth-order valence-electron chi connectivity index (χ4n) is 2.78. The molecule has 0 fully saturated rings. The van der Waals surface area contributed by atoms with E-state index in [0.29, 0.717) is 24.4 Å². The fraction of sp³-hybridized carbons (Fsp3) is 0.200. The summed E-state index contributed by atoms with van der Waals surface area (Å²) >= 11 is 0. The molecule has 130 valence electrons. The van der Waals surface area contributed by atoms with Gasteiger partial charge in [0, 0.05) is 18.5 Å². The number of benzene rings is 2. The van der Waals surface area contributed by atoms with Crippen molar-refractivity contribution in [2.45, 2.75) is 20.3 Å². The minimum absolute atomic E-state index is 0.150. The summed E-state index contributed by atoms with van der Waals surface area (Å²) in [7, 11) is 0. The molecule has 2 aromatic heterocycles. The molecule has 0 saturated heterocycles. The SMILES string of the molecule is Cc1nc2ccc(C(=O)NCCc3nc4ccccc4o3)cc2nc1C. The predicted molar refractivity (Wildman–Crippen MR) is 99.1 cm³/mol. The maximum Gasteiger partial charge on any atom is 0.251 e. The minimum atomic E-state index is -0.150. The first-order valence-corrected chi connectivity index (χ1v) is 8.48. The highest BCUT2D eigenvalue weighted by Gasteiger charge is 2.10. The second-order valence-corrected chi connectivity index (χ2v) is 6.18. The summed E-state index contributed by atoms with van der Waals surface area (Å²) in [4.78, 5) is 25.8. The summed E-state index contributed by atoms with van der Waals surface area (Å²) in [6.07, 6.45) is 0.534. The van der Waals surface area contributed by atoms with Gasteiger partial charge in [0.05, 0.1) is 22.4 Å². The molecule has 6 heteroatoms. The van der Waals surface area contributed by atoms with Crippen LogP contribution in [0.3, 0.4) is 0 Å². The lowest BCUT2D eigenvalue weighted by molar-refractivity contribution is 0.0954. The molecule has 0 aliphatic rings. The molecule has 4 aromatic rings. The average Bonchev–Trinajstić information content (AvgIpc) is 3.05. The Labute approximate surface area is 150 Å². The van der Waals surface area contributed by atoms with E-state index in [2.05, 4.69) is 20.3 Å². The average molecular weight is 346 g/mol. The summed E-state index contributed by atoms with van der Waals surface area (Å²) < 4.78 is 5.66. The normalized spacial score (nSPS) is 11.2. The van der Waals surface area contributed by atoms with Gasteiger partial charge in [-0.15, -0.1) is 0 Å². The molecule has 2 aromatic carbocycles. The van der Waals surface area contributed by atoms with E-state index in [-0.39, 0.29) is 5.91 Å². The van der Waals surface area contributed by atoms with E-state index < -0.39 is 0 Å². The van der Waals surface area contributed by atoms with E-state index in [4.69, 9.17) is 4.42 Å². The van der Waals surface area contributed by atoms with Crippen molar-refractivity contribution >= 4 is 28.0 Å². The Morgan fingerprint density at radius 2 is 1.73 bits per heavy atom. The number of para-hydroxylation sites is 2. The molecule has 0 bridgehead atoms. The number of aryl methyl sites for hydroxylation is 2. The lowest BCUT2D eigenvalue weighted by Crippen LogP contribution is -2.25. The molecule has 6 nitrogen and oxygen atoms in total. The number of nitrogens with one attached hydrogen (secondary N) is 1. The summed E-state index contributed by atoms with van der Waals surface area (Å²) in [5.74, 6) is 0.463. The Morgan fingerprint density at radius 1 is 0.962 bits per heavy atom. The van der Waals surface area contributed by atoms with Crippen molar-refractivity contribution in [2.75, 3.05) is 6.54 Å². The molecule has 0 radical (unpaired) electrons. The van der Waals surface area contributed by atoms with Gasteiger partial charge < -0.3 is 9.73 Å².